The lowest BCUT2D eigenvalue weighted by atomic mass is 9.95. The van der Waals surface area contributed by atoms with Gasteiger partial charge in [-0.3, -0.25) is 14.0 Å². The summed E-state index contributed by atoms with van der Waals surface area (Å²) < 4.78 is 41.7. The summed E-state index contributed by atoms with van der Waals surface area (Å²) in [7, 11) is 0. The molecule has 1 atom stereocenters. The molecule has 23 heavy (non-hydrogen) atoms. The molecule has 2 rings (SSSR count). The minimum absolute atomic E-state index is 0.0417. The highest BCUT2D eigenvalue weighted by Crippen LogP contribution is 2.37. The van der Waals surface area contributed by atoms with Crippen LogP contribution in [-0.4, -0.2) is 23.0 Å². The van der Waals surface area contributed by atoms with E-state index in [1.807, 2.05) is 0 Å². The highest BCUT2D eigenvalue weighted by molar-refractivity contribution is 7.08. The summed E-state index contributed by atoms with van der Waals surface area (Å²) in [5, 5.41) is 2.09. The molecule has 9 heteroatoms. The molecule has 2 aromatic rings. The van der Waals surface area contributed by atoms with Crippen LogP contribution >= 0.6 is 23.1 Å². The molecule has 0 spiro atoms. The van der Waals surface area contributed by atoms with Gasteiger partial charge in [0.2, 0.25) is 0 Å². The SMILES string of the molecule is O=C(NCCC(c1ccccc1)C(F)(F)F)c1s[nH]c(=O)c1Cl. The van der Waals surface area contributed by atoms with Gasteiger partial charge >= 0.3 is 6.18 Å². The first-order valence-corrected chi connectivity index (χ1v) is 7.77. The van der Waals surface area contributed by atoms with E-state index in [-0.39, 0.29) is 28.4 Å². The Balaban J connectivity index is 2.01. The normalized spacial score (nSPS) is 12.9. The number of rotatable bonds is 5. The van der Waals surface area contributed by atoms with E-state index in [2.05, 4.69) is 9.69 Å². The van der Waals surface area contributed by atoms with E-state index < -0.39 is 23.6 Å². The monoisotopic (exact) mass is 364 g/mol. The first kappa shape index (κ1) is 17.6. The van der Waals surface area contributed by atoms with Crippen LogP contribution in [0.15, 0.2) is 35.1 Å². The van der Waals surface area contributed by atoms with Gasteiger partial charge in [-0.2, -0.15) is 13.2 Å². The molecular formula is C14H12ClF3N2O2S. The zero-order chi connectivity index (χ0) is 17.0. The largest absolute Gasteiger partial charge is 0.395 e. The quantitative estimate of drug-likeness (QED) is 0.852. The number of amides is 1. The van der Waals surface area contributed by atoms with Crippen LogP contribution in [0.2, 0.25) is 5.02 Å². The van der Waals surface area contributed by atoms with Crippen LogP contribution < -0.4 is 10.9 Å². The molecule has 0 saturated heterocycles. The van der Waals surface area contributed by atoms with Crippen LogP contribution in [0.3, 0.4) is 0 Å². The standard InChI is InChI=1S/C14H12ClF3N2O2S/c15-10-11(23-20-12(10)21)13(22)19-7-6-9(14(16,17)18)8-4-2-1-3-5-8/h1-5,9H,6-7H2,(H,19,22)(H,20,21). The minimum Gasteiger partial charge on any atom is -0.351 e. The van der Waals surface area contributed by atoms with Crippen molar-refractivity contribution in [1.82, 2.24) is 9.69 Å². The number of aromatic amines is 1. The fourth-order valence-electron chi connectivity index (χ4n) is 2.05. The molecule has 2 N–H and O–H groups in total. The number of hydrogen-bond donors (Lipinski definition) is 2. The topological polar surface area (TPSA) is 62.0 Å². The third-order valence-electron chi connectivity index (χ3n) is 3.17. The predicted molar refractivity (Wildman–Crippen MR) is 82.1 cm³/mol. The molecule has 124 valence electrons. The van der Waals surface area contributed by atoms with Gasteiger partial charge in [-0.1, -0.05) is 53.5 Å². The molecule has 0 aliphatic carbocycles. The van der Waals surface area contributed by atoms with E-state index >= 15 is 0 Å². The van der Waals surface area contributed by atoms with Crippen molar-refractivity contribution in [3.05, 3.63) is 56.1 Å². The number of alkyl halides is 3. The molecule has 0 radical (unpaired) electrons. The molecule has 1 aromatic carbocycles. The fourth-order valence-corrected chi connectivity index (χ4v) is 3.00. The Labute approximate surface area is 138 Å². The minimum atomic E-state index is -4.41. The lowest BCUT2D eigenvalue weighted by Gasteiger charge is -2.20. The van der Waals surface area contributed by atoms with Gasteiger partial charge in [0.1, 0.15) is 9.90 Å². The van der Waals surface area contributed by atoms with Crippen LogP contribution in [-0.2, 0) is 0 Å². The third-order valence-corrected chi connectivity index (χ3v) is 4.52. The second-order valence-electron chi connectivity index (χ2n) is 4.73. The van der Waals surface area contributed by atoms with Crippen LogP contribution in [0.1, 0.15) is 27.6 Å². The van der Waals surface area contributed by atoms with Crippen molar-refractivity contribution in [2.45, 2.75) is 18.5 Å². The number of aromatic nitrogens is 1. The summed E-state index contributed by atoms with van der Waals surface area (Å²) in [6.45, 7) is -0.194. The van der Waals surface area contributed by atoms with E-state index in [4.69, 9.17) is 11.6 Å². The molecule has 0 fully saturated rings. The zero-order valence-corrected chi connectivity index (χ0v) is 13.2. The lowest BCUT2D eigenvalue weighted by molar-refractivity contribution is -0.151. The molecule has 0 saturated carbocycles. The van der Waals surface area contributed by atoms with Gasteiger partial charge in [0, 0.05) is 6.54 Å². The summed E-state index contributed by atoms with van der Waals surface area (Å²) in [6, 6.07) is 7.49. The van der Waals surface area contributed by atoms with Gasteiger partial charge in [-0.25, -0.2) is 0 Å². The summed E-state index contributed by atoms with van der Waals surface area (Å²) in [5.41, 5.74) is -0.460. The summed E-state index contributed by atoms with van der Waals surface area (Å²) in [6.07, 6.45) is -4.72. The van der Waals surface area contributed by atoms with Gasteiger partial charge in [-0.15, -0.1) is 0 Å². The van der Waals surface area contributed by atoms with Crippen LogP contribution in [0.25, 0.3) is 0 Å². The van der Waals surface area contributed by atoms with E-state index in [0.29, 0.717) is 0 Å². The molecular weight excluding hydrogens is 353 g/mol. The van der Waals surface area contributed by atoms with Gasteiger partial charge < -0.3 is 5.32 Å². The van der Waals surface area contributed by atoms with Crippen molar-refractivity contribution in [2.24, 2.45) is 0 Å². The lowest BCUT2D eigenvalue weighted by Crippen LogP contribution is -2.29. The molecule has 0 aliphatic heterocycles. The van der Waals surface area contributed by atoms with Crippen molar-refractivity contribution in [3.63, 3.8) is 0 Å². The number of H-pyrrole nitrogens is 1. The summed E-state index contributed by atoms with van der Waals surface area (Å²) >= 11 is 6.38. The predicted octanol–water partition coefficient (Wildman–Crippen LogP) is 3.56. The average molecular weight is 365 g/mol. The smallest absolute Gasteiger partial charge is 0.351 e. The van der Waals surface area contributed by atoms with Gasteiger partial charge in [-0.05, 0) is 12.0 Å². The van der Waals surface area contributed by atoms with E-state index in [0.717, 1.165) is 11.5 Å². The van der Waals surface area contributed by atoms with Gasteiger partial charge in [0.05, 0.1) is 5.92 Å². The van der Waals surface area contributed by atoms with Crippen LogP contribution in [0, 0.1) is 0 Å². The molecule has 0 bridgehead atoms. The zero-order valence-electron chi connectivity index (χ0n) is 11.6. The van der Waals surface area contributed by atoms with E-state index in [9.17, 15) is 22.8 Å². The van der Waals surface area contributed by atoms with Crippen molar-refractivity contribution >= 4 is 29.0 Å². The molecule has 0 aliphatic rings. The van der Waals surface area contributed by atoms with Crippen LogP contribution in [0.4, 0.5) is 13.2 Å². The molecule has 1 amide bonds. The maximum atomic E-state index is 13.1. The number of carbonyl (C=O) groups excluding carboxylic acids is 1. The highest BCUT2D eigenvalue weighted by Gasteiger charge is 2.40. The molecule has 4 nitrogen and oxygen atoms in total. The maximum absolute atomic E-state index is 13.1. The number of hydrogen-bond acceptors (Lipinski definition) is 3. The number of halogens is 4. The Bertz CT molecular complexity index is 728. The first-order chi connectivity index (χ1) is 10.8. The Morgan fingerprint density at radius 3 is 2.48 bits per heavy atom. The average Bonchev–Trinajstić information content (AvgIpc) is 2.83. The summed E-state index contributed by atoms with van der Waals surface area (Å²) in [5.74, 6) is -2.35. The second-order valence-corrected chi connectivity index (χ2v) is 5.92. The van der Waals surface area contributed by atoms with Crippen molar-refractivity contribution < 1.29 is 18.0 Å². The molecule has 1 aromatic heterocycles. The fraction of sp³-hybridized carbons (Fsp3) is 0.286. The number of carbonyl (C=O) groups is 1. The number of benzene rings is 1. The Hall–Kier alpha value is -1.80. The Morgan fingerprint density at radius 2 is 1.96 bits per heavy atom. The van der Waals surface area contributed by atoms with Crippen molar-refractivity contribution in [1.29, 1.82) is 0 Å². The molecule has 1 unspecified atom stereocenters. The Kier molecular flexibility index (Phi) is 5.48. The van der Waals surface area contributed by atoms with Gasteiger partial charge in [0.15, 0.2) is 0 Å². The van der Waals surface area contributed by atoms with E-state index in [1.54, 1.807) is 6.07 Å². The molecule has 1 heterocycles. The van der Waals surface area contributed by atoms with Crippen molar-refractivity contribution in [3.8, 4) is 0 Å². The van der Waals surface area contributed by atoms with Crippen LogP contribution in [0.5, 0.6) is 0 Å². The number of nitrogens with one attached hydrogen (secondary N) is 2. The highest BCUT2D eigenvalue weighted by atomic mass is 35.5. The van der Waals surface area contributed by atoms with Crippen molar-refractivity contribution in [2.75, 3.05) is 6.54 Å². The van der Waals surface area contributed by atoms with Gasteiger partial charge in [0.25, 0.3) is 11.5 Å². The first-order valence-electron chi connectivity index (χ1n) is 6.57. The second kappa shape index (κ2) is 7.18. The maximum Gasteiger partial charge on any atom is 0.395 e. The Morgan fingerprint density at radius 1 is 1.30 bits per heavy atom. The third kappa shape index (κ3) is 4.35. The summed E-state index contributed by atoms with van der Waals surface area (Å²) in [4.78, 5) is 22.9. The van der Waals surface area contributed by atoms with E-state index in [1.165, 1.54) is 24.3 Å².